The van der Waals surface area contributed by atoms with Gasteiger partial charge >= 0.3 is 0 Å². The molecule has 0 aliphatic carbocycles. The SMILES string of the molecule is C=O.C=O.C=O.Fc1ccc(-c2cccc(-c3nc(-c4ccc(F)cc4)ccc3Br)n2)cc1.[Re]. The van der Waals surface area contributed by atoms with E-state index in [9.17, 15) is 8.78 Å². The number of rotatable bonds is 3. The Labute approximate surface area is 218 Å². The van der Waals surface area contributed by atoms with E-state index < -0.39 is 0 Å². The van der Waals surface area contributed by atoms with E-state index >= 15 is 0 Å². The fraction of sp³-hybridized carbons (Fsp3) is 0. The van der Waals surface area contributed by atoms with Crippen molar-refractivity contribution in [1.29, 1.82) is 0 Å². The van der Waals surface area contributed by atoms with Gasteiger partial charge in [0.05, 0.1) is 17.1 Å². The average Bonchev–Trinajstić information content (AvgIpc) is 2.89. The topological polar surface area (TPSA) is 77.0 Å². The Morgan fingerprint density at radius 2 is 0.971 bits per heavy atom. The number of halogens is 3. The summed E-state index contributed by atoms with van der Waals surface area (Å²) in [5.41, 5.74) is 4.47. The molecule has 175 valence electrons. The van der Waals surface area contributed by atoms with E-state index in [0.29, 0.717) is 11.4 Å². The number of carbonyl (C=O) groups is 3. The summed E-state index contributed by atoms with van der Waals surface area (Å²) in [5, 5.41) is 0. The van der Waals surface area contributed by atoms with Crippen LogP contribution in [0.25, 0.3) is 33.9 Å². The normalized spacial score (nSPS) is 8.91. The molecule has 0 N–H and O–H groups in total. The van der Waals surface area contributed by atoms with Crippen molar-refractivity contribution in [3.05, 3.63) is 95.0 Å². The first-order valence-corrected chi connectivity index (χ1v) is 9.92. The summed E-state index contributed by atoms with van der Waals surface area (Å²) in [6.45, 7) is 6.00. The molecule has 2 aromatic carbocycles. The van der Waals surface area contributed by atoms with Crippen molar-refractivity contribution in [3.63, 3.8) is 0 Å². The maximum atomic E-state index is 13.2. The number of carbonyl (C=O) groups excluding carboxylic acids is 3. The van der Waals surface area contributed by atoms with Gasteiger partial charge in [-0.25, -0.2) is 18.7 Å². The van der Waals surface area contributed by atoms with Crippen molar-refractivity contribution in [2.75, 3.05) is 0 Å². The third-order valence-electron chi connectivity index (χ3n) is 4.12. The van der Waals surface area contributed by atoms with Gasteiger partial charge in [0.1, 0.15) is 37.7 Å². The van der Waals surface area contributed by atoms with Crippen LogP contribution in [-0.2, 0) is 34.8 Å². The maximum Gasteiger partial charge on any atom is 0.123 e. The second kappa shape index (κ2) is 16.4. The van der Waals surface area contributed by atoms with Crippen LogP contribution in [0.15, 0.2) is 83.3 Å². The van der Waals surface area contributed by atoms with Crippen LogP contribution in [0.5, 0.6) is 0 Å². The van der Waals surface area contributed by atoms with Gasteiger partial charge in [-0.1, -0.05) is 6.07 Å². The van der Waals surface area contributed by atoms with Crippen LogP contribution in [0.4, 0.5) is 8.78 Å². The second-order valence-corrected chi connectivity index (χ2v) is 6.80. The number of pyridine rings is 2. The Balaban J connectivity index is 0.00000145. The number of hydrogen-bond donors (Lipinski definition) is 0. The first-order valence-electron chi connectivity index (χ1n) is 9.12. The summed E-state index contributed by atoms with van der Waals surface area (Å²) in [4.78, 5) is 33.4. The molecule has 4 rings (SSSR count). The number of aromatic nitrogens is 2. The largest absolute Gasteiger partial charge is 0.307 e. The number of hydrogen-bond acceptors (Lipinski definition) is 5. The molecule has 1 radical (unpaired) electrons. The van der Waals surface area contributed by atoms with Crippen LogP contribution in [-0.4, -0.2) is 30.3 Å². The molecule has 0 aliphatic rings. The van der Waals surface area contributed by atoms with Crippen LogP contribution in [0.3, 0.4) is 0 Å². The van der Waals surface area contributed by atoms with Gasteiger partial charge in [-0.15, -0.1) is 0 Å². The monoisotopic (exact) mass is 699 g/mol. The van der Waals surface area contributed by atoms with E-state index in [1.165, 1.54) is 24.3 Å². The predicted molar refractivity (Wildman–Crippen MR) is 127 cm³/mol. The van der Waals surface area contributed by atoms with Crippen LogP contribution in [0, 0.1) is 11.6 Å². The van der Waals surface area contributed by atoms with E-state index in [1.807, 2.05) is 50.7 Å². The number of nitrogens with zero attached hydrogens (tertiary/aromatic N) is 2. The first-order chi connectivity index (χ1) is 16.1. The summed E-state index contributed by atoms with van der Waals surface area (Å²) < 4.78 is 27.2. The van der Waals surface area contributed by atoms with E-state index in [1.54, 1.807) is 24.3 Å². The van der Waals surface area contributed by atoms with E-state index in [4.69, 9.17) is 19.4 Å². The van der Waals surface area contributed by atoms with Crippen molar-refractivity contribution in [2.24, 2.45) is 0 Å². The zero-order valence-corrected chi connectivity index (χ0v) is 22.1. The molecule has 0 spiro atoms. The van der Waals surface area contributed by atoms with E-state index in [0.717, 1.165) is 27.0 Å². The summed E-state index contributed by atoms with van der Waals surface area (Å²) in [7, 11) is 0. The Morgan fingerprint density at radius 1 is 0.559 bits per heavy atom. The Morgan fingerprint density at radius 3 is 1.44 bits per heavy atom. The zero-order chi connectivity index (χ0) is 24.8. The van der Waals surface area contributed by atoms with Gasteiger partial charge in [-0.3, -0.25) is 0 Å². The van der Waals surface area contributed by atoms with Gasteiger partial charge < -0.3 is 14.4 Å². The molecule has 9 heteroatoms. The van der Waals surface area contributed by atoms with Crippen LogP contribution in [0.1, 0.15) is 0 Å². The van der Waals surface area contributed by atoms with E-state index in [2.05, 4.69) is 20.9 Å². The second-order valence-electron chi connectivity index (χ2n) is 5.95. The van der Waals surface area contributed by atoms with Gasteiger partial charge in [-0.2, -0.15) is 0 Å². The molecule has 0 bridgehead atoms. The van der Waals surface area contributed by atoms with Crippen molar-refractivity contribution in [2.45, 2.75) is 0 Å². The van der Waals surface area contributed by atoms with Gasteiger partial charge in [-0.05, 0) is 88.7 Å². The van der Waals surface area contributed by atoms with Crippen LogP contribution >= 0.6 is 15.9 Å². The molecule has 5 nitrogen and oxygen atoms in total. The Hall–Kier alpha value is -3.25. The van der Waals surface area contributed by atoms with Crippen molar-refractivity contribution in [3.8, 4) is 33.9 Å². The average molecular weight is 700 g/mol. The molecule has 0 amide bonds. The van der Waals surface area contributed by atoms with Crippen molar-refractivity contribution >= 4 is 36.3 Å². The van der Waals surface area contributed by atoms with Gasteiger partial charge in [0.2, 0.25) is 0 Å². The smallest absolute Gasteiger partial charge is 0.123 e. The minimum atomic E-state index is -0.287. The zero-order valence-electron chi connectivity index (χ0n) is 17.8. The fourth-order valence-corrected chi connectivity index (χ4v) is 3.18. The number of benzene rings is 2. The molecule has 0 atom stereocenters. The molecule has 4 aromatic rings. The third kappa shape index (κ3) is 8.27. The van der Waals surface area contributed by atoms with Crippen molar-refractivity contribution < 1.29 is 43.6 Å². The summed E-state index contributed by atoms with van der Waals surface area (Å²) in [6, 6.07) is 21.8. The Bertz CT molecular complexity index is 1160. The molecular weight excluding hydrogens is 680 g/mol. The molecule has 0 unspecified atom stereocenters. The fourth-order valence-electron chi connectivity index (χ4n) is 2.75. The molecule has 34 heavy (non-hydrogen) atoms. The minimum absolute atomic E-state index is 0. The van der Waals surface area contributed by atoms with Gasteiger partial charge in [0.15, 0.2) is 0 Å². The molecule has 2 aromatic heterocycles. The summed E-state index contributed by atoms with van der Waals surface area (Å²) >= 11 is 3.53. The van der Waals surface area contributed by atoms with Crippen LogP contribution < -0.4 is 0 Å². The molecular formula is C25H19BrF2N2O3Re. The van der Waals surface area contributed by atoms with Gasteiger partial charge in [0, 0.05) is 36.0 Å². The standard InChI is InChI=1S/C22H13BrF2N2.3CH2O.Re/c23-18-12-13-20(15-6-10-17(25)11-7-15)27-22(18)21-3-1-2-19(26-21)14-4-8-16(24)9-5-14;3*1-2;/h1-13H;3*1H2;. The third-order valence-corrected chi connectivity index (χ3v) is 4.76. The molecule has 0 aliphatic heterocycles. The predicted octanol–water partition coefficient (Wildman–Crippen LogP) is 5.96. The molecule has 0 saturated carbocycles. The quantitative estimate of drug-likeness (QED) is 0.264. The summed E-state index contributed by atoms with van der Waals surface area (Å²) in [5.74, 6) is -0.573. The van der Waals surface area contributed by atoms with Gasteiger partial charge in [0.25, 0.3) is 0 Å². The molecule has 0 fully saturated rings. The Kier molecular flexibility index (Phi) is 14.8. The molecule has 2 heterocycles. The molecule has 0 saturated heterocycles. The summed E-state index contributed by atoms with van der Waals surface area (Å²) in [6.07, 6.45) is 0. The first kappa shape index (κ1) is 30.8. The van der Waals surface area contributed by atoms with E-state index in [-0.39, 0.29) is 32.1 Å². The minimum Gasteiger partial charge on any atom is -0.307 e. The maximum absolute atomic E-state index is 13.2. The van der Waals surface area contributed by atoms with Crippen molar-refractivity contribution in [1.82, 2.24) is 9.97 Å². The van der Waals surface area contributed by atoms with Crippen LogP contribution in [0.2, 0.25) is 0 Å².